The lowest BCUT2D eigenvalue weighted by Crippen LogP contribution is -2.40. The van der Waals surface area contributed by atoms with Crippen molar-refractivity contribution in [3.8, 4) is 5.75 Å². The van der Waals surface area contributed by atoms with E-state index in [0.29, 0.717) is 38.6 Å². The standard InChI is InChI=1S/C18H24N4O5S/c23-18(20-6-1-8-21-9-7-19-15-21)14-27-16-2-4-17(5-3-16)28(24,25)22-10-12-26-13-11-22/h2-5,7,9,15H,1,6,8,10-14H2,(H,20,23). The van der Waals surface area contributed by atoms with Gasteiger partial charge in [0, 0.05) is 38.6 Å². The van der Waals surface area contributed by atoms with Crippen molar-refractivity contribution in [2.45, 2.75) is 17.9 Å². The summed E-state index contributed by atoms with van der Waals surface area (Å²) >= 11 is 0. The molecule has 1 N–H and O–H groups in total. The summed E-state index contributed by atoms with van der Waals surface area (Å²) in [5, 5.41) is 2.78. The predicted octanol–water partition coefficient (Wildman–Crippen LogP) is 0.489. The summed E-state index contributed by atoms with van der Waals surface area (Å²) in [6.45, 7) is 2.69. The Morgan fingerprint density at radius 2 is 1.96 bits per heavy atom. The van der Waals surface area contributed by atoms with E-state index in [1.807, 2.05) is 10.8 Å². The minimum atomic E-state index is -3.53. The van der Waals surface area contributed by atoms with Crippen molar-refractivity contribution in [3.63, 3.8) is 0 Å². The molecule has 9 nitrogen and oxygen atoms in total. The molecule has 3 rings (SSSR count). The summed E-state index contributed by atoms with van der Waals surface area (Å²) in [7, 11) is -3.53. The van der Waals surface area contributed by atoms with E-state index in [4.69, 9.17) is 9.47 Å². The molecule has 0 bridgehead atoms. The Bertz CT molecular complexity index is 847. The monoisotopic (exact) mass is 408 g/mol. The molecule has 1 amide bonds. The van der Waals surface area contributed by atoms with Gasteiger partial charge >= 0.3 is 0 Å². The van der Waals surface area contributed by atoms with Gasteiger partial charge in [0.25, 0.3) is 5.91 Å². The number of benzene rings is 1. The lowest BCUT2D eigenvalue weighted by atomic mass is 10.3. The number of morpholine rings is 1. The first-order valence-electron chi connectivity index (χ1n) is 9.09. The van der Waals surface area contributed by atoms with E-state index in [2.05, 4.69) is 10.3 Å². The van der Waals surface area contributed by atoms with Crippen LogP contribution in [0.2, 0.25) is 0 Å². The number of hydrogen-bond donors (Lipinski definition) is 1. The molecule has 0 spiro atoms. The van der Waals surface area contributed by atoms with Crippen LogP contribution in [0.25, 0.3) is 0 Å². The van der Waals surface area contributed by atoms with Crippen LogP contribution in [0, 0.1) is 0 Å². The first kappa shape index (κ1) is 20.3. The molecule has 28 heavy (non-hydrogen) atoms. The summed E-state index contributed by atoms with van der Waals surface area (Å²) in [5.74, 6) is 0.213. The lowest BCUT2D eigenvalue weighted by molar-refractivity contribution is -0.123. The van der Waals surface area contributed by atoms with Crippen LogP contribution in [-0.2, 0) is 26.1 Å². The van der Waals surface area contributed by atoms with Crippen molar-refractivity contribution in [1.82, 2.24) is 19.2 Å². The van der Waals surface area contributed by atoms with Gasteiger partial charge in [-0.2, -0.15) is 4.31 Å². The van der Waals surface area contributed by atoms with Gasteiger partial charge in [0.1, 0.15) is 5.75 Å². The van der Waals surface area contributed by atoms with Crippen molar-refractivity contribution in [1.29, 1.82) is 0 Å². The normalized spacial score (nSPS) is 15.3. The van der Waals surface area contributed by atoms with Gasteiger partial charge in [0.2, 0.25) is 10.0 Å². The number of sulfonamides is 1. The SMILES string of the molecule is O=C(COc1ccc(S(=O)(=O)N2CCOCC2)cc1)NCCCn1ccnc1. The zero-order valence-electron chi connectivity index (χ0n) is 15.5. The number of aryl methyl sites for hydroxylation is 1. The second-order valence-corrected chi connectivity index (χ2v) is 8.22. The topological polar surface area (TPSA) is 103 Å². The summed E-state index contributed by atoms with van der Waals surface area (Å²) in [6, 6.07) is 6.09. The van der Waals surface area contributed by atoms with E-state index in [9.17, 15) is 13.2 Å². The van der Waals surface area contributed by atoms with Gasteiger partial charge in [0.15, 0.2) is 6.61 Å². The number of carbonyl (C=O) groups is 1. The minimum Gasteiger partial charge on any atom is -0.484 e. The number of rotatable bonds is 9. The van der Waals surface area contributed by atoms with Crippen molar-refractivity contribution < 1.29 is 22.7 Å². The maximum absolute atomic E-state index is 12.6. The third kappa shape index (κ3) is 5.54. The van der Waals surface area contributed by atoms with E-state index in [0.717, 1.165) is 13.0 Å². The van der Waals surface area contributed by atoms with Gasteiger partial charge in [-0.05, 0) is 30.7 Å². The van der Waals surface area contributed by atoms with Crippen LogP contribution in [-0.4, -0.2) is 67.6 Å². The van der Waals surface area contributed by atoms with E-state index in [1.165, 1.54) is 16.4 Å². The van der Waals surface area contributed by atoms with Crippen LogP contribution in [0.1, 0.15) is 6.42 Å². The van der Waals surface area contributed by atoms with Crippen LogP contribution in [0.15, 0.2) is 47.9 Å². The number of aromatic nitrogens is 2. The molecular weight excluding hydrogens is 384 g/mol. The van der Waals surface area contributed by atoms with E-state index in [1.54, 1.807) is 24.7 Å². The average Bonchev–Trinajstić information content (AvgIpc) is 3.24. The molecule has 2 aromatic rings. The van der Waals surface area contributed by atoms with Crippen LogP contribution in [0.3, 0.4) is 0 Å². The van der Waals surface area contributed by atoms with Gasteiger partial charge in [-0.25, -0.2) is 13.4 Å². The quantitative estimate of drug-likeness (QED) is 0.606. The minimum absolute atomic E-state index is 0.124. The molecule has 1 fully saturated rings. The highest BCUT2D eigenvalue weighted by molar-refractivity contribution is 7.89. The predicted molar refractivity (Wildman–Crippen MR) is 101 cm³/mol. The molecule has 10 heteroatoms. The second-order valence-electron chi connectivity index (χ2n) is 6.28. The summed E-state index contributed by atoms with van der Waals surface area (Å²) in [4.78, 5) is 16.0. The fourth-order valence-corrected chi connectivity index (χ4v) is 4.16. The second kappa shape index (κ2) is 9.67. The zero-order valence-corrected chi connectivity index (χ0v) is 16.3. The Hall–Kier alpha value is -2.43. The van der Waals surface area contributed by atoms with Crippen molar-refractivity contribution in [3.05, 3.63) is 43.0 Å². The Morgan fingerprint density at radius 1 is 1.21 bits per heavy atom. The van der Waals surface area contributed by atoms with Crippen molar-refractivity contribution >= 4 is 15.9 Å². The van der Waals surface area contributed by atoms with Crippen molar-refractivity contribution in [2.75, 3.05) is 39.5 Å². The summed E-state index contributed by atoms with van der Waals surface area (Å²) in [5.41, 5.74) is 0. The first-order valence-corrected chi connectivity index (χ1v) is 10.5. The largest absolute Gasteiger partial charge is 0.484 e. The fraction of sp³-hybridized carbons (Fsp3) is 0.444. The van der Waals surface area contributed by atoms with E-state index in [-0.39, 0.29) is 17.4 Å². The molecule has 0 atom stereocenters. The fourth-order valence-electron chi connectivity index (χ4n) is 2.75. The third-order valence-corrected chi connectivity index (χ3v) is 6.19. The molecule has 0 unspecified atom stereocenters. The molecule has 1 aliphatic rings. The van der Waals surface area contributed by atoms with Gasteiger partial charge in [-0.15, -0.1) is 0 Å². The van der Waals surface area contributed by atoms with Crippen LogP contribution < -0.4 is 10.1 Å². The van der Waals surface area contributed by atoms with Crippen LogP contribution in [0.4, 0.5) is 0 Å². The smallest absolute Gasteiger partial charge is 0.257 e. The number of hydrogen-bond acceptors (Lipinski definition) is 6. The van der Waals surface area contributed by atoms with Gasteiger partial charge in [-0.3, -0.25) is 4.79 Å². The Labute approximate surface area is 164 Å². The lowest BCUT2D eigenvalue weighted by Gasteiger charge is -2.26. The zero-order chi connectivity index (χ0) is 19.8. The molecule has 0 radical (unpaired) electrons. The molecular formula is C18H24N4O5S. The number of amides is 1. The highest BCUT2D eigenvalue weighted by atomic mass is 32.2. The van der Waals surface area contributed by atoms with Gasteiger partial charge in [0.05, 0.1) is 24.4 Å². The van der Waals surface area contributed by atoms with Gasteiger partial charge in [-0.1, -0.05) is 0 Å². The first-order chi connectivity index (χ1) is 13.6. The van der Waals surface area contributed by atoms with Gasteiger partial charge < -0.3 is 19.4 Å². The molecule has 2 heterocycles. The highest BCUT2D eigenvalue weighted by Crippen LogP contribution is 2.20. The van der Waals surface area contributed by atoms with Crippen LogP contribution >= 0.6 is 0 Å². The molecule has 152 valence electrons. The number of nitrogens with one attached hydrogen (secondary N) is 1. The number of carbonyl (C=O) groups excluding carboxylic acids is 1. The molecule has 1 aromatic heterocycles. The maximum atomic E-state index is 12.6. The average molecular weight is 408 g/mol. The Balaban J connectivity index is 1.41. The molecule has 0 saturated carbocycles. The molecule has 0 aliphatic carbocycles. The molecule has 1 saturated heterocycles. The Morgan fingerprint density at radius 3 is 2.64 bits per heavy atom. The summed E-state index contributed by atoms with van der Waals surface area (Å²) < 4.78 is 39.1. The molecule has 1 aromatic carbocycles. The van der Waals surface area contributed by atoms with E-state index >= 15 is 0 Å². The number of imidazole rings is 1. The van der Waals surface area contributed by atoms with E-state index < -0.39 is 10.0 Å². The maximum Gasteiger partial charge on any atom is 0.257 e. The third-order valence-electron chi connectivity index (χ3n) is 4.28. The van der Waals surface area contributed by atoms with Crippen molar-refractivity contribution in [2.24, 2.45) is 0 Å². The summed E-state index contributed by atoms with van der Waals surface area (Å²) in [6.07, 6.45) is 6.10. The number of nitrogens with zero attached hydrogens (tertiary/aromatic N) is 3. The number of ether oxygens (including phenoxy) is 2. The van der Waals surface area contributed by atoms with Crippen LogP contribution in [0.5, 0.6) is 5.75 Å². The molecule has 1 aliphatic heterocycles. The highest BCUT2D eigenvalue weighted by Gasteiger charge is 2.26. The Kier molecular flexibility index (Phi) is 7.01.